The van der Waals surface area contributed by atoms with E-state index in [1.165, 1.54) is 0 Å². The van der Waals surface area contributed by atoms with E-state index >= 15 is 0 Å². The van der Waals surface area contributed by atoms with Gasteiger partial charge in [-0.05, 0) is 6.07 Å². The van der Waals surface area contributed by atoms with E-state index in [0.717, 1.165) is 18.5 Å². The Morgan fingerprint density at radius 3 is 2.36 bits per heavy atom. The molecule has 0 aliphatic rings. The van der Waals surface area contributed by atoms with E-state index in [2.05, 4.69) is 4.98 Å². The standard InChI is InChI=1S/C6H5NO5S.Nd/c8-6(9)4-1-2-7-3-5(4)13(10,11)12;/h1-3H,(H,8,9)(H,10,11,12);. The molecule has 0 aromatic carbocycles. The predicted molar refractivity (Wildman–Crippen MR) is 41.0 cm³/mol. The Hall–Kier alpha value is -0.119. The third kappa shape index (κ3) is 3.23. The minimum Gasteiger partial charge on any atom is -0.478 e. The van der Waals surface area contributed by atoms with E-state index < -0.39 is 26.5 Å². The van der Waals surface area contributed by atoms with Gasteiger partial charge in [-0.2, -0.15) is 8.42 Å². The van der Waals surface area contributed by atoms with Crippen LogP contribution in [-0.4, -0.2) is 29.0 Å². The van der Waals surface area contributed by atoms with E-state index in [1.807, 2.05) is 0 Å². The molecule has 8 heteroatoms. The molecule has 0 fully saturated rings. The Kier molecular flexibility index (Phi) is 5.06. The molecule has 1 aromatic heterocycles. The van der Waals surface area contributed by atoms with Crippen LogP contribution in [0.1, 0.15) is 10.4 Å². The van der Waals surface area contributed by atoms with Gasteiger partial charge in [-0.15, -0.1) is 0 Å². The van der Waals surface area contributed by atoms with Crippen molar-refractivity contribution in [1.82, 2.24) is 4.98 Å². The summed E-state index contributed by atoms with van der Waals surface area (Å²) in [5.74, 6) is -1.44. The number of aromatic nitrogens is 1. The third-order valence-corrected chi connectivity index (χ3v) is 2.17. The molecule has 0 aliphatic heterocycles. The summed E-state index contributed by atoms with van der Waals surface area (Å²) in [4.78, 5) is 13.2. The third-order valence-electron chi connectivity index (χ3n) is 1.29. The smallest absolute Gasteiger partial charge is 0.337 e. The fourth-order valence-electron chi connectivity index (χ4n) is 0.762. The van der Waals surface area contributed by atoms with Crippen molar-refractivity contribution >= 4 is 16.1 Å². The topological polar surface area (TPSA) is 105 Å². The van der Waals surface area contributed by atoms with Crippen LogP contribution in [0.2, 0.25) is 0 Å². The molecule has 1 heterocycles. The van der Waals surface area contributed by atoms with E-state index in [4.69, 9.17) is 9.66 Å². The van der Waals surface area contributed by atoms with Crippen molar-refractivity contribution in [2.75, 3.05) is 0 Å². The van der Waals surface area contributed by atoms with E-state index in [0.29, 0.717) is 0 Å². The first-order valence-corrected chi connectivity index (χ1v) is 4.51. The van der Waals surface area contributed by atoms with Crippen molar-refractivity contribution in [3.05, 3.63) is 24.0 Å². The number of hydrogen-bond donors (Lipinski definition) is 2. The molecule has 0 saturated heterocycles. The van der Waals surface area contributed by atoms with Gasteiger partial charge in [0.25, 0.3) is 10.1 Å². The Balaban J connectivity index is 0.00000169. The van der Waals surface area contributed by atoms with Gasteiger partial charge in [-0.3, -0.25) is 9.54 Å². The Morgan fingerprint density at radius 2 is 2.00 bits per heavy atom. The number of hydrogen-bond acceptors (Lipinski definition) is 4. The van der Waals surface area contributed by atoms with Crippen LogP contribution < -0.4 is 0 Å². The zero-order chi connectivity index (χ0) is 10.1. The quantitative estimate of drug-likeness (QED) is 0.731. The Bertz CT molecular complexity index is 443. The summed E-state index contributed by atoms with van der Waals surface area (Å²) in [5.41, 5.74) is -0.502. The maximum Gasteiger partial charge on any atom is 0.337 e. The van der Waals surface area contributed by atoms with Gasteiger partial charge in [0.2, 0.25) is 0 Å². The number of pyridine rings is 1. The van der Waals surface area contributed by atoms with Gasteiger partial charge in [-0.1, -0.05) is 0 Å². The molecule has 0 spiro atoms. The molecule has 0 bridgehead atoms. The largest absolute Gasteiger partial charge is 0.478 e. The predicted octanol–water partition coefficient (Wildman–Crippen LogP) is 0.0265. The van der Waals surface area contributed by atoms with Crippen LogP contribution in [0.25, 0.3) is 0 Å². The summed E-state index contributed by atoms with van der Waals surface area (Å²) in [6.07, 6.45) is 1.90. The molecule has 1 rings (SSSR count). The van der Waals surface area contributed by atoms with Crippen molar-refractivity contribution in [3.8, 4) is 0 Å². The second kappa shape index (κ2) is 5.10. The van der Waals surface area contributed by atoms with Crippen LogP contribution in [0, 0.1) is 40.8 Å². The molecule has 0 unspecified atom stereocenters. The van der Waals surface area contributed by atoms with Gasteiger partial charge < -0.3 is 5.11 Å². The summed E-state index contributed by atoms with van der Waals surface area (Å²) in [6.45, 7) is 0. The molecule has 1 aromatic rings. The Labute approximate surface area is 113 Å². The van der Waals surface area contributed by atoms with Crippen LogP contribution >= 0.6 is 0 Å². The van der Waals surface area contributed by atoms with Gasteiger partial charge >= 0.3 is 5.97 Å². The van der Waals surface area contributed by atoms with E-state index in [1.54, 1.807) is 0 Å². The molecule has 0 amide bonds. The van der Waals surface area contributed by atoms with Gasteiger partial charge in [0.1, 0.15) is 4.90 Å². The monoisotopic (exact) mass is 345 g/mol. The average molecular weight is 347 g/mol. The first-order valence-electron chi connectivity index (χ1n) is 3.07. The van der Waals surface area contributed by atoms with Gasteiger partial charge in [0, 0.05) is 53.2 Å². The fourth-order valence-corrected chi connectivity index (χ4v) is 1.39. The number of carboxylic acid groups (broad SMARTS) is 1. The number of aromatic carboxylic acids is 1. The van der Waals surface area contributed by atoms with E-state index in [-0.39, 0.29) is 40.8 Å². The van der Waals surface area contributed by atoms with Crippen LogP contribution in [-0.2, 0) is 10.1 Å². The number of nitrogens with zero attached hydrogens (tertiary/aromatic N) is 1. The van der Waals surface area contributed by atoms with Crippen LogP contribution in [0.15, 0.2) is 23.4 Å². The van der Waals surface area contributed by atoms with Crippen LogP contribution in [0.4, 0.5) is 0 Å². The van der Waals surface area contributed by atoms with Crippen LogP contribution in [0.5, 0.6) is 0 Å². The molecule has 14 heavy (non-hydrogen) atoms. The minimum absolute atomic E-state index is 0. The van der Waals surface area contributed by atoms with Crippen molar-refractivity contribution in [2.45, 2.75) is 4.90 Å². The summed E-state index contributed by atoms with van der Waals surface area (Å²) < 4.78 is 29.8. The average Bonchev–Trinajstić information content (AvgIpc) is 2.03. The van der Waals surface area contributed by atoms with Crippen molar-refractivity contribution < 1.29 is 63.7 Å². The van der Waals surface area contributed by atoms with E-state index in [9.17, 15) is 13.2 Å². The second-order valence-corrected chi connectivity index (χ2v) is 3.54. The SMILES string of the molecule is O=C(O)c1ccncc1S(=O)(=O)O.[Nd]. The maximum absolute atomic E-state index is 10.6. The summed E-state index contributed by atoms with van der Waals surface area (Å²) in [7, 11) is -4.52. The normalized spacial score (nSPS) is 10.4. The summed E-state index contributed by atoms with van der Waals surface area (Å²) in [5, 5.41) is 8.53. The molecular weight excluding hydrogens is 342 g/mol. The molecule has 0 radical (unpaired) electrons. The van der Waals surface area contributed by atoms with Gasteiger partial charge in [0.05, 0.1) is 5.56 Å². The van der Waals surface area contributed by atoms with Crippen molar-refractivity contribution in [1.29, 1.82) is 0 Å². The second-order valence-electron chi connectivity index (χ2n) is 2.15. The zero-order valence-electron chi connectivity index (χ0n) is 6.71. The number of carbonyl (C=O) groups is 1. The molecule has 6 nitrogen and oxygen atoms in total. The fraction of sp³-hybridized carbons (Fsp3) is 0. The molecule has 0 atom stereocenters. The van der Waals surface area contributed by atoms with Gasteiger partial charge in [-0.25, -0.2) is 4.79 Å². The first-order chi connectivity index (χ1) is 5.93. The molecule has 0 saturated carbocycles. The van der Waals surface area contributed by atoms with Crippen molar-refractivity contribution in [2.24, 2.45) is 0 Å². The maximum atomic E-state index is 10.6. The zero-order valence-corrected chi connectivity index (χ0v) is 10.7. The number of carboxylic acids is 1. The Morgan fingerprint density at radius 1 is 1.43 bits per heavy atom. The molecule has 74 valence electrons. The number of rotatable bonds is 2. The minimum atomic E-state index is -4.52. The van der Waals surface area contributed by atoms with Crippen LogP contribution in [0.3, 0.4) is 0 Å². The summed E-state index contributed by atoms with van der Waals surface area (Å²) >= 11 is 0. The molecule has 0 aliphatic carbocycles. The first kappa shape index (κ1) is 13.9. The van der Waals surface area contributed by atoms with Crippen molar-refractivity contribution in [3.63, 3.8) is 0 Å². The summed E-state index contributed by atoms with van der Waals surface area (Å²) in [6, 6.07) is 0.992. The molecular formula is C6H5NNdO5S. The molecule has 2 N–H and O–H groups in total. The van der Waals surface area contributed by atoms with Gasteiger partial charge in [0.15, 0.2) is 0 Å².